The van der Waals surface area contributed by atoms with Crippen molar-refractivity contribution in [2.24, 2.45) is 0 Å². The summed E-state index contributed by atoms with van der Waals surface area (Å²) in [4.78, 5) is 16.1. The Morgan fingerprint density at radius 3 is 3.00 bits per heavy atom. The van der Waals surface area contributed by atoms with E-state index in [1.54, 1.807) is 18.8 Å². The molecule has 26 heavy (non-hydrogen) atoms. The molecule has 1 atom stereocenters. The average Bonchev–Trinajstić information content (AvgIpc) is 3.29. The number of benzene rings is 1. The summed E-state index contributed by atoms with van der Waals surface area (Å²) in [6.45, 7) is 3.46. The molecule has 0 saturated carbocycles. The molecule has 0 saturated heterocycles. The highest BCUT2D eigenvalue weighted by molar-refractivity contribution is 5.89. The zero-order valence-corrected chi connectivity index (χ0v) is 14.6. The van der Waals surface area contributed by atoms with Crippen LogP contribution < -0.4 is 10.6 Å². The molecule has 0 aliphatic rings. The summed E-state index contributed by atoms with van der Waals surface area (Å²) in [7, 11) is 0. The smallest absolute Gasteiger partial charge is 0.319 e. The van der Waals surface area contributed by atoms with Gasteiger partial charge in [0, 0.05) is 30.7 Å². The number of nitrogens with zero attached hydrogens (tertiary/aromatic N) is 2. The van der Waals surface area contributed by atoms with Crippen molar-refractivity contribution in [3.63, 3.8) is 0 Å². The standard InChI is InChI=1S/C19H22N4O3/c1-15(11-23-8-7-20-14-23)21-19(24)22-17-5-2-4-16(10-17)12-25-13-18-6-3-9-26-18/h2-10,14-15H,11-13H2,1H3,(H2,21,22,24)/t15-/m0/s1. The third-order valence-corrected chi connectivity index (χ3v) is 3.70. The van der Waals surface area contributed by atoms with Gasteiger partial charge >= 0.3 is 6.03 Å². The third-order valence-electron chi connectivity index (χ3n) is 3.70. The van der Waals surface area contributed by atoms with Crippen LogP contribution in [0.1, 0.15) is 18.2 Å². The van der Waals surface area contributed by atoms with E-state index in [2.05, 4.69) is 15.6 Å². The van der Waals surface area contributed by atoms with Crippen molar-refractivity contribution in [2.45, 2.75) is 32.7 Å². The van der Waals surface area contributed by atoms with Gasteiger partial charge in [0.25, 0.3) is 0 Å². The normalized spacial score (nSPS) is 11.9. The van der Waals surface area contributed by atoms with Crippen molar-refractivity contribution in [1.29, 1.82) is 0 Å². The van der Waals surface area contributed by atoms with E-state index >= 15 is 0 Å². The zero-order chi connectivity index (χ0) is 18.2. The maximum absolute atomic E-state index is 12.1. The SMILES string of the molecule is C[C@@H](Cn1ccnc1)NC(=O)Nc1cccc(COCc2ccco2)c1. The van der Waals surface area contributed by atoms with Gasteiger partial charge in [0.15, 0.2) is 0 Å². The summed E-state index contributed by atoms with van der Waals surface area (Å²) < 4.78 is 12.8. The first-order valence-corrected chi connectivity index (χ1v) is 8.41. The Balaban J connectivity index is 1.45. The molecule has 2 N–H and O–H groups in total. The van der Waals surface area contributed by atoms with E-state index in [1.165, 1.54) is 0 Å². The number of imidazole rings is 1. The molecule has 0 radical (unpaired) electrons. The van der Waals surface area contributed by atoms with Crippen LogP contribution in [0.5, 0.6) is 0 Å². The van der Waals surface area contributed by atoms with Gasteiger partial charge in [-0.15, -0.1) is 0 Å². The van der Waals surface area contributed by atoms with Crippen molar-refractivity contribution in [2.75, 3.05) is 5.32 Å². The number of urea groups is 1. The molecule has 2 heterocycles. The molecule has 0 fully saturated rings. The molecule has 7 nitrogen and oxygen atoms in total. The van der Waals surface area contributed by atoms with E-state index in [0.717, 1.165) is 17.0 Å². The molecular formula is C19H22N4O3. The molecule has 2 amide bonds. The Kier molecular flexibility index (Phi) is 6.05. The lowest BCUT2D eigenvalue weighted by Gasteiger charge is -2.15. The Hall–Kier alpha value is -3.06. The highest BCUT2D eigenvalue weighted by Crippen LogP contribution is 2.13. The second-order valence-electron chi connectivity index (χ2n) is 6.03. The first-order chi connectivity index (χ1) is 12.7. The number of anilines is 1. The maximum Gasteiger partial charge on any atom is 0.319 e. The van der Waals surface area contributed by atoms with Gasteiger partial charge in [-0.3, -0.25) is 0 Å². The molecule has 0 aliphatic heterocycles. The lowest BCUT2D eigenvalue weighted by atomic mass is 10.2. The summed E-state index contributed by atoms with van der Waals surface area (Å²) in [5.41, 5.74) is 1.69. The Morgan fingerprint density at radius 2 is 2.23 bits per heavy atom. The van der Waals surface area contributed by atoms with E-state index < -0.39 is 0 Å². The molecule has 136 valence electrons. The minimum Gasteiger partial charge on any atom is -0.467 e. The zero-order valence-electron chi connectivity index (χ0n) is 14.6. The first-order valence-electron chi connectivity index (χ1n) is 8.41. The van der Waals surface area contributed by atoms with Crippen molar-refractivity contribution < 1.29 is 13.9 Å². The van der Waals surface area contributed by atoms with Crippen LogP contribution >= 0.6 is 0 Å². The molecule has 3 aromatic rings. The van der Waals surface area contributed by atoms with Crippen molar-refractivity contribution in [3.8, 4) is 0 Å². The van der Waals surface area contributed by atoms with Crippen LogP contribution in [0.2, 0.25) is 0 Å². The predicted octanol–water partition coefficient (Wildman–Crippen LogP) is 3.40. The highest BCUT2D eigenvalue weighted by Gasteiger charge is 2.08. The second-order valence-corrected chi connectivity index (χ2v) is 6.03. The lowest BCUT2D eigenvalue weighted by Crippen LogP contribution is -2.38. The molecule has 0 bridgehead atoms. The number of hydrogen-bond acceptors (Lipinski definition) is 4. The monoisotopic (exact) mass is 354 g/mol. The van der Waals surface area contributed by atoms with Gasteiger partial charge in [0.05, 0.1) is 19.2 Å². The Bertz CT molecular complexity index is 800. The van der Waals surface area contributed by atoms with Crippen molar-refractivity contribution in [3.05, 3.63) is 72.7 Å². The van der Waals surface area contributed by atoms with Gasteiger partial charge in [-0.1, -0.05) is 12.1 Å². The second kappa shape index (κ2) is 8.87. The molecule has 7 heteroatoms. The molecule has 0 unspecified atom stereocenters. The quantitative estimate of drug-likeness (QED) is 0.650. The molecule has 0 spiro atoms. The van der Waals surface area contributed by atoms with Gasteiger partial charge in [0.1, 0.15) is 12.4 Å². The van der Waals surface area contributed by atoms with E-state index in [0.29, 0.717) is 19.8 Å². The number of carbonyl (C=O) groups is 1. The summed E-state index contributed by atoms with van der Waals surface area (Å²) in [6.07, 6.45) is 6.92. The fourth-order valence-electron chi connectivity index (χ4n) is 2.55. The Labute approximate surface area is 152 Å². The van der Waals surface area contributed by atoms with E-state index in [-0.39, 0.29) is 12.1 Å². The number of rotatable bonds is 8. The van der Waals surface area contributed by atoms with Gasteiger partial charge in [-0.2, -0.15) is 0 Å². The van der Waals surface area contributed by atoms with Gasteiger partial charge in [0.2, 0.25) is 0 Å². The Morgan fingerprint density at radius 1 is 1.31 bits per heavy atom. The number of amides is 2. The molecule has 0 aliphatic carbocycles. The van der Waals surface area contributed by atoms with Crippen LogP contribution in [-0.4, -0.2) is 21.6 Å². The van der Waals surface area contributed by atoms with Crippen LogP contribution in [0, 0.1) is 0 Å². The van der Waals surface area contributed by atoms with Crippen molar-refractivity contribution in [1.82, 2.24) is 14.9 Å². The van der Waals surface area contributed by atoms with Gasteiger partial charge in [-0.25, -0.2) is 9.78 Å². The first kappa shape index (κ1) is 17.8. The summed E-state index contributed by atoms with van der Waals surface area (Å²) >= 11 is 0. The number of carbonyl (C=O) groups excluding carboxylic acids is 1. The summed E-state index contributed by atoms with van der Waals surface area (Å²) in [5.74, 6) is 0.783. The summed E-state index contributed by atoms with van der Waals surface area (Å²) in [5, 5.41) is 5.75. The number of aromatic nitrogens is 2. The van der Waals surface area contributed by atoms with E-state index in [9.17, 15) is 4.79 Å². The number of ether oxygens (including phenoxy) is 1. The van der Waals surface area contributed by atoms with Crippen LogP contribution in [-0.2, 0) is 24.5 Å². The van der Waals surface area contributed by atoms with Crippen LogP contribution in [0.4, 0.5) is 10.5 Å². The van der Waals surface area contributed by atoms with Crippen molar-refractivity contribution >= 4 is 11.7 Å². The minimum absolute atomic E-state index is 0.0241. The third kappa shape index (κ3) is 5.49. The lowest BCUT2D eigenvalue weighted by molar-refractivity contribution is 0.0930. The molecule has 1 aromatic carbocycles. The number of hydrogen-bond donors (Lipinski definition) is 2. The van der Waals surface area contributed by atoms with Crippen LogP contribution in [0.15, 0.2) is 65.8 Å². The van der Waals surface area contributed by atoms with Gasteiger partial charge < -0.3 is 24.4 Å². The average molecular weight is 354 g/mol. The van der Waals surface area contributed by atoms with Crippen LogP contribution in [0.25, 0.3) is 0 Å². The van der Waals surface area contributed by atoms with Crippen LogP contribution in [0.3, 0.4) is 0 Å². The van der Waals surface area contributed by atoms with Gasteiger partial charge in [-0.05, 0) is 36.8 Å². The molecule has 2 aromatic heterocycles. The maximum atomic E-state index is 12.1. The fraction of sp³-hybridized carbons (Fsp3) is 0.263. The largest absolute Gasteiger partial charge is 0.467 e. The topological polar surface area (TPSA) is 81.3 Å². The molecule has 3 rings (SSSR count). The highest BCUT2D eigenvalue weighted by atomic mass is 16.5. The molecular weight excluding hydrogens is 332 g/mol. The fourth-order valence-corrected chi connectivity index (χ4v) is 2.55. The predicted molar refractivity (Wildman–Crippen MR) is 97.5 cm³/mol. The number of furan rings is 1. The minimum atomic E-state index is -0.244. The van der Waals surface area contributed by atoms with E-state index in [1.807, 2.05) is 54.1 Å². The summed E-state index contributed by atoms with van der Waals surface area (Å²) in [6, 6.07) is 11.0. The number of nitrogens with one attached hydrogen (secondary N) is 2. The van der Waals surface area contributed by atoms with E-state index in [4.69, 9.17) is 9.15 Å².